The molecule has 4 aliphatic rings. The number of hydrogen-bond acceptors (Lipinski definition) is 5. The lowest BCUT2D eigenvalue weighted by atomic mass is 9.51. The number of rotatable bonds is 9. The standard InChI is InChI=1S/C43H68O5Si2/c1-39(2,3)49(9,10)48-33-21-25-41(7,36-22-26-42(8)37(38(36)44)23-27-43(42)45-29-30-46-43)32(31-33)24-28-47-50(40(4,5)6,34-17-13-11-14-18-34)35-19-15-12-16-20-35/h11-20,32-33,36-38,44H,21-31H2,1-10H3/t32-,33-,36?,37?,38+,41-,42-/m0/s1. The van der Waals surface area contributed by atoms with Gasteiger partial charge in [0.2, 0.25) is 0 Å². The van der Waals surface area contributed by atoms with E-state index in [2.05, 4.69) is 129 Å². The molecule has 7 atom stereocenters. The molecule has 1 aliphatic heterocycles. The van der Waals surface area contributed by atoms with Gasteiger partial charge in [0, 0.05) is 24.5 Å². The molecule has 0 amide bonds. The SMILES string of the molecule is CC(C)(C)[Si](C)(C)O[C@H]1CC[C@](C)(C2CC[C@@]3(C)C(CCC34OCCO4)[C@@H]2O)[C@@H](CCO[Si](c2ccccc2)(c2ccccc2)C(C)(C)C)C1. The van der Waals surface area contributed by atoms with Gasteiger partial charge in [-0.15, -0.1) is 0 Å². The maximum Gasteiger partial charge on any atom is 0.261 e. The van der Waals surface area contributed by atoms with Crippen LogP contribution in [0, 0.1) is 28.6 Å². The van der Waals surface area contributed by atoms with Crippen molar-refractivity contribution in [2.24, 2.45) is 28.6 Å². The van der Waals surface area contributed by atoms with Gasteiger partial charge in [0.1, 0.15) is 0 Å². The van der Waals surface area contributed by atoms with Gasteiger partial charge >= 0.3 is 0 Å². The number of fused-ring (bicyclic) bond motifs is 2. The predicted octanol–water partition coefficient (Wildman–Crippen LogP) is 9.08. The highest BCUT2D eigenvalue weighted by Crippen LogP contribution is 2.65. The highest BCUT2D eigenvalue weighted by molar-refractivity contribution is 6.99. The lowest BCUT2D eigenvalue weighted by Gasteiger charge is -2.57. The van der Waals surface area contributed by atoms with Gasteiger partial charge in [0.05, 0.1) is 19.3 Å². The van der Waals surface area contributed by atoms with Crippen LogP contribution in [0.25, 0.3) is 0 Å². The van der Waals surface area contributed by atoms with E-state index in [4.69, 9.17) is 18.3 Å². The Morgan fingerprint density at radius 1 is 0.760 bits per heavy atom. The topological polar surface area (TPSA) is 57.2 Å². The molecule has 2 aromatic carbocycles. The van der Waals surface area contributed by atoms with Crippen LogP contribution in [0.2, 0.25) is 23.2 Å². The van der Waals surface area contributed by atoms with E-state index in [9.17, 15) is 5.11 Å². The molecular weight excluding hydrogens is 653 g/mol. The number of aliphatic hydroxyl groups is 1. The first-order chi connectivity index (χ1) is 23.4. The van der Waals surface area contributed by atoms with E-state index in [0.29, 0.717) is 25.7 Å². The van der Waals surface area contributed by atoms with Gasteiger partial charge in [-0.25, -0.2) is 0 Å². The van der Waals surface area contributed by atoms with Crippen molar-refractivity contribution in [3.8, 4) is 0 Å². The third kappa shape index (κ3) is 6.47. The number of ether oxygens (including phenoxy) is 2. The Kier molecular flexibility index (Phi) is 10.6. The molecule has 1 N–H and O–H groups in total. The normalized spacial score (nSPS) is 33.5. The van der Waals surface area contributed by atoms with E-state index >= 15 is 0 Å². The van der Waals surface area contributed by atoms with Crippen LogP contribution >= 0.6 is 0 Å². The van der Waals surface area contributed by atoms with E-state index in [1.807, 2.05) is 0 Å². The summed E-state index contributed by atoms with van der Waals surface area (Å²) in [4.78, 5) is 0. The molecule has 4 fully saturated rings. The lowest BCUT2D eigenvalue weighted by molar-refractivity contribution is -0.250. The fourth-order valence-electron chi connectivity index (χ4n) is 10.8. The first-order valence-electron chi connectivity index (χ1n) is 19.8. The minimum atomic E-state index is -2.66. The first-order valence-corrected chi connectivity index (χ1v) is 24.6. The third-order valence-corrected chi connectivity index (χ3v) is 24.4. The molecule has 3 saturated carbocycles. The number of hydrogen-bond donors (Lipinski definition) is 1. The summed E-state index contributed by atoms with van der Waals surface area (Å²) in [6.07, 6.45) is 7.98. The Morgan fingerprint density at radius 2 is 1.32 bits per heavy atom. The predicted molar refractivity (Wildman–Crippen MR) is 210 cm³/mol. The van der Waals surface area contributed by atoms with Gasteiger partial charge in [-0.3, -0.25) is 0 Å². The summed E-state index contributed by atoms with van der Waals surface area (Å²) in [7, 11) is -4.60. The summed E-state index contributed by atoms with van der Waals surface area (Å²) >= 11 is 0. The van der Waals surface area contributed by atoms with Crippen molar-refractivity contribution in [3.63, 3.8) is 0 Å². The first kappa shape index (κ1) is 38.4. The highest BCUT2D eigenvalue weighted by atomic mass is 28.4. The van der Waals surface area contributed by atoms with Crippen LogP contribution in [-0.2, 0) is 18.3 Å². The Labute approximate surface area is 306 Å². The van der Waals surface area contributed by atoms with Gasteiger partial charge in [0.15, 0.2) is 14.1 Å². The fraction of sp³-hybridized carbons (Fsp3) is 0.721. The molecule has 1 saturated heterocycles. The monoisotopic (exact) mass is 720 g/mol. The Balaban J connectivity index is 1.30. The highest BCUT2D eigenvalue weighted by Gasteiger charge is 2.66. The molecular formula is C43H68O5Si2. The maximum atomic E-state index is 12.4. The minimum Gasteiger partial charge on any atom is -0.414 e. The molecule has 50 heavy (non-hydrogen) atoms. The zero-order valence-electron chi connectivity index (χ0n) is 33.0. The second-order valence-electron chi connectivity index (χ2n) is 19.4. The molecule has 2 unspecified atom stereocenters. The molecule has 2 aromatic rings. The van der Waals surface area contributed by atoms with Crippen molar-refractivity contribution < 1.29 is 23.4 Å². The van der Waals surface area contributed by atoms with Gasteiger partial charge in [-0.2, -0.15) is 0 Å². The average molecular weight is 721 g/mol. The van der Waals surface area contributed by atoms with E-state index < -0.39 is 22.4 Å². The van der Waals surface area contributed by atoms with Gasteiger partial charge in [-0.1, -0.05) is 116 Å². The quantitative estimate of drug-likeness (QED) is 0.262. The van der Waals surface area contributed by atoms with E-state index in [1.54, 1.807) is 0 Å². The van der Waals surface area contributed by atoms with Crippen molar-refractivity contribution in [2.45, 2.75) is 148 Å². The molecule has 6 rings (SSSR count). The molecule has 1 heterocycles. The largest absolute Gasteiger partial charge is 0.414 e. The van der Waals surface area contributed by atoms with Crippen molar-refractivity contribution in [2.75, 3.05) is 19.8 Å². The number of aliphatic hydroxyl groups excluding tert-OH is 1. The van der Waals surface area contributed by atoms with Gasteiger partial charge in [0.25, 0.3) is 8.32 Å². The van der Waals surface area contributed by atoms with Crippen LogP contribution in [0.15, 0.2) is 60.7 Å². The molecule has 1 spiro atoms. The lowest BCUT2D eigenvalue weighted by Crippen LogP contribution is -2.66. The Hall–Kier alpha value is -1.33. The van der Waals surface area contributed by atoms with Crippen molar-refractivity contribution in [3.05, 3.63) is 60.7 Å². The Bertz CT molecular complexity index is 1390. The molecule has 0 bridgehead atoms. The fourth-order valence-corrected chi connectivity index (χ4v) is 16.8. The second-order valence-corrected chi connectivity index (χ2v) is 28.5. The summed E-state index contributed by atoms with van der Waals surface area (Å²) in [6, 6.07) is 22.1. The molecule has 5 nitrogen and oxygen atoms in total. The Morgan fingerprint density at radius 3 is 1.86 bits per heavy atom. The van der Waals surface area contributed by atoms with Crippen LogP contribution in [-0.4, -0.2) is 59.6 Å². The van der Waals surface area contributed by atoms with Crippen LogP contribution in [0.3, 0.4) is 0 Å². The van der Waals surface area contributed by atoms with E-state index in [1.165, 1.54) is 10.4 Å². The van der Waals surface area contributed by atoms with Gasteiger partial charge in [-0.05, 0) is 102 Å². The summed E-state index contributed by atoms with van der Waals surface area (Å²) in [6.45, 7) is 25.9. The second kappa shape index (κ2) is 13.8. The zero-order chi connectivity index (χ0) is 36.2. The van der Waals surface area contributed by atoms with Crippen LogP contribution in [0.4, 0.5) is 0 Å². The maximum absolute atomic E-state index is 12.4. The number of benzene rings is 2. The average Bonchev–Trinajstić information content (AvgIpc) is 3.66. The smallest absolute Gasteiger partial charge is 0.261 e. The van der Waals surface area contributed by atoms with Crippen molar-refractivity contribution in [1.29, 1.82) is 0 Å². The van der Waals surface area contributed by atoms with Crippen molar-refractivity contribution >= 4 is 27.0 Å². The van der Waals surface area contributed by atoms with Crippen LogP contribution in [0.5, 0.6) is 0 Å². The zero-order valence-corrected chi connectivity index (χ0v) is 35.0. The van der Waals surface area contributed by atoms with E-state index in [0.717, 1.165) is 51.4 Å². The summed E-state index contributed by atoms with van der Waals surface area (Å²) < 4.78 is 27.4. The molecule has 3 aliphatic carbocycles. The summed E-state index contributed by atoms with van der Waals surface area (Å²) in [5.41, 5.74) is -0.143. The minimum absolute atomic E-state index is 0.00399. The van der Waals surface area contributed by atoms with Crippen LogP contribution < -0.4 is 10.4 Å². The summed E-state index contributed by atoms with van der Waals surface area (Å²) in [5, 5.41) is 15.2. The van der Waals surface area contributed by atoms with Crippen molar-refractivity contribution in [1.82, 2.24) is 0 Å². The molecule has 7 heteroatoms. The molecule has 0 aromatic heterocycles. The summed E-state index contributed by atoms with van der Waals surface area (Å²) in [5.74, 6) is 0.320. The van der Waals surface area contributed by atoms with Gasteiger partial charge < -0.3 is 23.4 Å². The molecule has 0 radical (unpaired) electrons. The van der Waals surface area contributed by atoms with E-state index in [-0.39, 0.29) is 45.0 Å². The third-order valence-electron chi connectivity index (χ3n) is 14.8. The van der Waals surface area contributed by atoms with Crippen LogP contribution in [0.1, 0.15) is 107 Å². The molecule has 278 valence electrons.